The van der Waals surface area contributed by atoms with Crippen molar-refractivity contribution < 1.29 is 4.79 Å². The fourth-order valence-electron chi connectivity index (χ4n) is 1.86. The van der Waals surface area contributed by atoms with Gasteiger partial charge in [0, 0.05) is 12.1 Å². The predicted octanol–water partition coefficient (Wildman–Crippen LogP) is 1.33. The van der Waals surface area contributed by atoms with E-state index in [1.165, 1.54) is 11.1 Å². The molecule has 0 radical (unpaired) electrons. The van der Waals surface area contributed by atoms with Gasteiger partial charge in [-0.1, -0.05) is 12.1 Å². The van der Waals surface area contributed by atoms with Crippen LogP contribution in [0.4, 0.5) is 5.69 Å². The van der Waals surface area contributed by atoms with Crippen molar-refractivity contribution in [2.24, 2.45) is 0 Å². The molecule has 0 saturated carbocycles. The van der Waals surface area contributed by atoms with Crippen molar-refractivity contribution in [3.8, 4) is 0 Å². The van der Waals surface area contributed by atoms with Gasteiger partial charge in [0.25, 0.3) is 0 Å². The van der Waals surface area contributed by atoms with Crippen LogP contribution in [0.5, 0.6) is 0 Å². The highest BCUT2D eigenvalue weighted by Gasteiger charge is 2.14. The van der Waals surface area contributed by atoms with E-state index in [1.807, 2.05) is 13.1 Å². The normalized spacial score (nSPS) is 14.6. The molecule has 1 aromatic carbocycles. The van der Waals surface area contributed by atoms with E-state index in [2.05, 4.69) is 22.8 Å². The molecule has 0 atom stereocenters. The van der Waals surface area contributed by atoms with Crippen LogP contribution in [-0.2, 0) is 17.6 Å². The van der Waals surface area contributed by atoms with Crippen molar-refractivity contribution in [2.45, 2.75) is 19.3 Å². The quantitative estimate of drug-likeness (QED) is 0.780. The fourth-order valence-corrected chi connectivity index (χ4v) is 1.86. The largest absolute Gasteiger partial charge is 0.326 e. The first-order chi connectivity index (χ1) is 7.29. The molecular weight excluding hydrogens is 188 g/mol. The summed E-state index contributed by atoms with van der Waals surface area (Å²) in [5.41, 5.74) is 3.59. The van der Waals surface area contributed by atoms with Crippen LogP contribution in [0.3, 0.4) is 0 Å². The molecule has 80 valence electrons. The number of carbonyl (C=O) groups excluding carboxylic acids is 1. The average Bonchev–Trinajstić information content (AvgIpc) is 2.26. The minimum atomic E-state index is 0.130. The smallest absolute Gasteiger partial charge is 0.224 e. The Morgan fingerprint density at radius 2 is 2.27 bits per heavy atom. The van der Waals surface area contributed by atoms with Crippen LogP contribution in [0, 0.1) is 0 Å². The van der Waals surface area contributed by atoms with E-state index in [4.69, 9.17) is 0 Å². The molecular formula is C12H16N2O. The summed E-state index contributed by atoms with van der Waals surface area (Å²) in [5.74, 6) is 0.130. The Bertz CT molecular complexity index is 374. The number of hydrogen-bond acceptors (Lipinski definition) is 2. The summed E-state index contributed by atoms with van der Waals surface area (Å²) in [7, 11) is 1.96. The SMILES string of the molecule is CNCCc1ccc2c(c1)CCC(=O)N2. The molecule has 1 aliphatic rings. The Kier molecular flexibility index (Phi) is 3.02. The third-order valence-corrected chi connectivity index (χ3v) is 2.73. The maximum atomic E-state index is 11.2. The van der Waals surface area contributed by atoms with Gasteiger partial charge < -0.3 is 10.6 Å². The zero-order chi connectivity index (χ0) is 10.7. The third-order valence-electron chi connectivity index (χ3n) is 2.73. The number of benzene rings is 1. The van der Waals surface area contributed by atoms with Crippen molar-refractivity contribution >= 4 is 11.6 Å². The molecule has 3 nitrogen and oxygen atoms in total. The van der Waals surface area contributed by atoms with E-state index >= 15 is 0 Å². The summed E-state index contributed by atoms with van der Waals surface area (Å²) in [6, 6.07) is 6.30. The lowest BCUT2D eigenvalue weighted by atomic mass is 9.99. The second-order valence-corrected chi connectivity index (χ2v) is 3.89. The summed E-state index contributed by atoms with van der Waals surface area (Å²) in [5, 5.41) is 6.02. The van der Waals surface area contributed by atoms with Crippen molar-refractivity contribution in [1.82, 2.24) is 5.32 Å². The van der Waals surface area contributed by atoms with Gasteiger partial charge in [0.1, 0.15) is 0 Å². The average molecular weight is 204 g/mol. The van der Waals surface area contributed by atoms with Gasteiger partial charge in [-0.05, 0) is 43.6 Å². The van der Waals surface area contributed by atoms with Crippen LogP contribution >= 0.6 is 0 Å². The molecule has 0 bridgehead atoms. The summed E-state index contributed by atoms with van der Waals surface area (Å²) in [4.78, 5) is 11.2. The first-order valence-electron chi connectivity index (χ1n) is 5.36. The number of fused-ring (bicyclic) bond motifs is 1. The Hall–Kier alpha value is -1.35. The predicted molar refractivity (Wildman–Crippen MR) is 61.0 cm³/mol. The van der Waals surface area contributed by atoms with E-state index in [0.717, 1.165) is 25.1 Å². The van der Waals surface area contributed by atoms with Crippen molar-refractivity contribution in [2.75, 3.05) is 18.9 Å². The summed E-state index contributed by atoms with van der Waals surface area (Å²) < 4.78 is 0. The highest BCUT2D eigenvalue weighted by atomic mass is 16.1. The van der Waals surface area contributed by atoms with Gasteiger partial charge in [-0.2, -0.15) is 0 Å². The molecule has 0 saturated heterocycles. The molecule has 15 heavy (non-hydrogen) atoms. The lowest BCUT2D eigenvalue weighted by Crippen LogP contribution is -2.19. The second-order valence-electron chi connectivity index (χ2n) is 3.89. The van der Waals surface area contributed by atoms with Gasteiger partial charge in [-0.25, -0.2) is 0 Å². The Labute approximate surface area is 89.9 Å². The fraction of sp³-hybridized carbons (Fsp3) is 0.417. The number of nitrogens with one attached hydrogen (secondary N) is 2. The molecule has 2 rings (SSSR count). The molecule has 1 aliphatic heterocycles. The molecule has 3 heteroatoms. The first kappa shape index (κ1) is 10.2. The van der Waals surface area contributed by atoms with Crippen LogP contribution in [0.25, 0.3) is 0 Å². The van der Waals surface area contributed by atoms with Crippen LogP contribution in [0.1, 0.15) is 17.5 Å². The molecule has 0 fully saturated rings. The van der Waals surface area contributed by atoms with Gasteiger partial charge >= 0.3 is 0 Å². The maximum Gasteiger partial charge on any atom is 0.224 e. The number of amides is 1. The Balaban J connectivity index is 2.15. The van der Waals surface area contributed by atoms with E-state index in [0.29, 0.717) is 6.42 Å². The number of anilines is 1. The molecule has 0 spiro atoms. The molecule has 1 amide bonds. The second kappa shape index (κ2) is 4.45. The molecule has 0 aliphatic carbocycles. The van der Waals surface area contributed by atoms with Crippen LogP contribution < -0.4 is 10.6 Å². The number of carbonyl (C=O) groups is 1. The molecule has 0 aromatic heterocycles. The standard InChI is InChI=1S/C12H16N2O/c1-13-7-6-9-2-4-11-10(8-9)3-5-12(15)14-11/h2,4,8,13H,3,5-7H2,1H3,(H,14,15). The summed E-state index contributed by atoms with van der Waals surface area (Å²) >= 11 is 0. The number of aryl methyl sites for hydroxylation is 1. The first-order valence-corrected chi connectivity index (χ1v) is 5.36. The number of rotatable bonds is 3. The number of likely N-dealkylation sites (N-methyl/N-ethyl adjacent to an activating group) is 1. The van der Waals surface area contributed by atoms with Gasteiger partial charge in [0.2, 0.25) is 5.91 Å². The lowest BCUT2D eigenvalue weighted by molar-refractivity contribution is -0.116. The monoisotopic (exact) mass is 204 g/mol. The zero-order valence-corrected chi connectivity index (χ0v) is 8.97. The van der Waals surface area contributed by atoms with Crippen LogP contribution in [0.15, 0.2) is 18.2 Å². The van der Waals surface area contributed by atoms with Gasteiger partial charge in [0.15, 0.2) is 0 Å². The highest BCUT2D eigenvalue weighted by molar-refractivity contribution is 5.93. The third kappa shape index (κ3) is 2.36. The summed E-state index contributed by atoms with van der Waals surface area (Å²) in [6.07, 6.45) is 2.52. The van der Waals surface area contributed by atoms with Crippen LogP contribution in [-0.4, -0.2) is 19.5 Å². The van der Waals surface area contributed by atoms with Crippen molar-refractivity contribution in [3.63, 3.8) is 0 Å². The van der Waals surface area contributed by atoms with Gasteiger partial charge in [-0.15, -0.1) is 0 Å². The highest BCUT2D eigenvalue weighted by Crippen LogP contribution is 2.23. The maximum absolute atomic E-state index is 11.2. The molecule has 1 aromatic rings. The van der Waals surface area contributed by atoms with Crippen LogP contribution in [0.2, 0.25) is 0 Å². The Morgan fingerprint density at radius 3 is 3.07 bits per heavy atom. The van der Waals surface area contributed by atoms with E-state index < -0.39 is 0 Å². The Morgan fingerprint density at radius 1 is 1.40 bits per heavy atom. The minimum absolute atomic E-state index is 0.130. The topological polar surface area (TPSA) is 41.1 Å². The lowest BCUT2D eigenvalue weighted by Gasteiger charge is -2.17. The number of hydrogen-bond donors (Lipinski definition) is 2. The van der Waals surface area contributed by atoms with E-state index in [1.54, 1.807) is 0 Å². The molecule has 1 heterocycles. The molecule has 2 N–H and O–H groups in total. The van der Waals surface area contributed by atoms with E-state index in [9.17, 15) is 4.79 Å². The van der Waals surface area contributed by atoms with E-state index in [-0.39, 0.29) is 5.91 Å². The van der Waals surface area contributed by atoms with Gasteiger partial charge in [0.05, 0.1) is 0 Å². The zero-order valence-electron chi connectivity index (χ0n) is 8.97. The molecule has 0 unspecified atom stereocenters. The summed E-state index contributed by atoms with van der Waals surface area (Å²) in [6.45, 7) is 0.991. The minimum Gasteiger partial charge on any atom is -0.326 e. The van der Waals surface area contributed by atoms with Crippen molar-refractivity contribution in [3.05, 3.63) is 29.3 Å². The van der Waals surface area contributed by atoms with Crippen molar-refractivity contribution in [1.29, 1.82) is 0 Å². The van der Waals surface area contributed by atoms with Gasteiger partial charge in [-0.3, -0.25) is 4.79 Å².